The van der Waals surface area contributed by atoms with E-state index in [0.29, 0.717) is 30.8 Å². The topological polar surface area (TPSA) is 60.9 Å². The summed E-state index contributed by atoms with van der Waals surface area (Å²) in [6.07, 6.45) is 1.56. The van der Waals surface area contributed by atoms with E-state index in [1.54, 1.807) is 36.2 Å². The van der Waals surface area contributed by atoms with E-state index in [4.69, 9.17) is 0 Å². The van der Waals surface area contributed by atoms with Crippen molar-refractivity contribution < 1.29 is 13.2 Å². The Balaban J connectivity index is 1.68. The van der Waals surface area contributed by atoms with Crippen molar-refractivity contribution in [2.24, 2.45) is 0 Å². The maximum absolute atomic E-state index is 12.7. The van der Waals surface area contributed by atoms with Gasteiger partial charge in [0.2, 0.25) is 10.0 Å². The second-order valence-corrected chi connectivity index (χ2v) is 9.38. The highest BCUT2D eigenvalue weighted by atomic mass is 32.2. The second-order valence-electron chi connectivity index (χ2n) is 7.36. The van der Waals surface area contributed by atoms with Crippen molar-refractivity contribution in [1.29, 1.82) is 0 Å². The molecule has 3 rings (SSSR count). The molecule has 0 unspecified atom stereocenters. The molecule has 2 aromatic carbocycles. The van der Waals surface area contributed by atoms with Gasteiger partial charge in [-0.3, -0.25) is 9.10 Å². The van der Waals surface area contributed by atoms with E-state index in [1.807, 2.05) is 43.3 Å². The molecule has 2 aromatic rings. The zero-order valence-electron chi connectivity index (χ0n) is 16.6. The Bertz CT molecular complexity index is 922. The van der Waals surface area contributed by atoms with Crippen LogP contribution in [-0.4, -0.2) is 52.7 Å². The van der Waals surface area contributed by atoms with Crippen molar-refractivity contribution in [3.05, 3.63) is 59.7 Å². The number of carbonyl (C=O) groups is 1. The number of hydrogen-bond donors (Lipinski definition) is 0. The Morgan fingerprint density at radius 1 is 0.964 bits per heavy atom. The van der Waals surface area contributed by atoms with E-state index in [-0.39, 0.29) is 11.7 Å². The lowest BCUT2D eigenvalue weighted by molar-refractivity contribution is 0.0785. The normalized spacial score (nSPS) is 15.9. The average molecular weight is 402 g/mol. The van der Waals surface area contributed by atoms with Crippen molar-refractivity contribution in [2.45, 2.75) is 19.4 Å². The SMILES string of the molecule is CN(Cc1ccc(N(C)C)cc1)C(=O)c1ccc(N2CCCCS2(=O)=O)cc1. The number of sulfonamides is 1. The number of hydrogen-bond acceptors (Lipinski definition) is 4. The Morgan fingerprint density at radius 2 is 1.61 bits per heavy atom. The van der Waals surface area contributed by atoms with Crippen LogP contribution in [0.25, 0.3) is 0 Å². The van der Waals surface area contributed by atoms with Crippen molar-refractivity contribution in [1.82, 2.24) is 4.90 Å². The predicted octanol–water partition coefficient (Wildman–Crippen LogP) is 2.95. The van der Waals surface area contributed by atoms with Crippen LogP contribution < -0.4 is 9.21 Å². The monoisotopic (exact) mass is 401 g/mol. The molecule has 7 heteroatoms. The van der Waals surface area contributed by atoms with E-state index in [1.165, 1.54) is 4.31 Å². The van der Waals surface area contributed by atoms with Gasteiger partial charge in [-0.2, -0.15) is 0 Å². The number of carbonyl (C=O) groups excluding carboxylic acids is 1. The van der Waals surface area contributed by atoms with Gasteiger partial charge >= 0.3 is 0 Å². The van der Waals surface area contributed by atoms with Crippen molar-refractivity contribution in [3.8, 4) is 0 Å². The first-order chi connectivity index (χ1) is 13.3. The van der Waals surface area contributed by atoms with Crippen LogP contribution in [0.3, 0.4) is 0 Å². The lowest BCUT2D eigenvalue weighted by Crippen LogP contribution is -2.37. The second kappa shape index (κ2) is 8.22. The molecule has 0 atom stereocenters. The van der Waals surface area contributed by atoms with Crippen LogP contribution in [0, 0.1) is 0 Å². The molecule has 6 nitrogen and oxygen atoms in total. The van der Waals surface area contributed by atoms with E-state index < -0.39 is 10.0 Å². The summed E-state index contributed by atoms with van der Waals surface area (Å²) in [4.78, 5) is 16.4. The summed E-state index contributed by atoms with van der Waals surface area (Å²) in [7, 11) is 2.51. The molecule has 0 N–H and O–H groups in total. The zero-order valence-corrected chi connectivity index (χ0v) is 17.4. The maximum Gasteiger partial charge on any atom is 0.253 e. The summed E-state index contributed by atoms with van der Waals surface area (Å²) in [6, 6.07) is 14.9. The van der Waals surface area contributed by atoms with Crippen molar-refractivity contribution in [3.63, 3.8) is 0 Å². The molecule has 28 heavy (non-hydrogen) atoms. The van der Waals surface area contributed by atoms with Gasteiger partial charge in [-0.1, -0.05) is 12.1 Å². The molecule has 0 radical (unpaired) electrons. The minimum atomic E-state index is -3.24. The molecule has 1 amide bonds. The van der Waals surface area contributed by atoms with Gasteiger partial charge in [0.25, 0.3) is 5.91 Å². The van der Waals surface area contributed by atoms with Gasteiger partial charge in [-0.25, -0.2) is 8.42 Å². The molecule has 0 aromatic heterocycles. The average Bonchev–Trinajstić information content (AvgIpc) is 2.67. The van der Waals surface area contributed by atoms with Crippen LogP contribution in [0.1, 0.15) is 28.8 Å². The quantitative estimate of drug-likeness (QED) is 0.773. The number of anilines is 2. The smallest absolute Gasteiger partial charge is 0.253 e. The molecular weight excluding hydrogens is 374 g/mol. The van der Waals surface area contributed by atoms with E-state index in [0.717, 1.165) is 17.7 Å². The van der Waals surface area contributed by atoms with Gasteiger partial charge in [0.05, 0.1) is 11.4 Å². The van der Waals surface area contributed by atoms with Crippen LogP contribution in [-0.2, 0) is 16.6 Å². The Hall–Kier alpha value is -2.54. The van der Waals surface area contributed by atoms with Crippen molar-refractivity contribution >= 4 is 27.3 Å². The minimum absolute atomic E-state index is 0.0928. The Labute approximate surface area is 167 Å². The van der Waals surface area contributed by atoms with Crippen molar-refractivity contribution in [2.75, 3.05) is 42.6 Å². The van der Waals surface area contributed by atoms with Gasteiger partial charge in [-0.15, -0.1) is 0 Å². The highest BCUT2D eigenvalue weighted by molar-refractivity contribution is 7.92. The summed E-state index contributed by atoms with van der Waals surface area (Å²) in [5.41, 5.74) is 3.34. The third kappa shape index (κ3) is 4.47. The minimum Gasteiger partial charge on any atom is -0.378 e. The summed E-state index contributed by atoms with van der Waals surface area (Å²) < 4.78 is 25.9. The van der Waals surface area contributed by atoms with Gasteiger partial charge in [0.15, 0.2) is 0 Å². The third-order valence-electron chi connectivity index (χ3n) is 4.97. The first-order valence-electron chi connectivity index (χ1n) is 9.40. The summed E-state index contributed by atoms with van der Waals surface area (Å²) in [6.45, 7) is 1.01. The third-order valence-corrected chi connectivity index (χ3v) is 6.84. The van der Waals surface area contributed by atoms with E-state index in [9.17, 15) is 13.2 Å². The zero-order chi connectivity index (χ0) is 20.3. The van der Waals surface area contributed by atoms with Gasteiger partial charge in [-0.05, 0) is 54.8 Å². The van der Waals surface area contributed by atoms with Gasteiger partial charge in [0, 0.05) is 45.5 Å². The molecule has 1 fully saturated rings. The molecule has 1 saturated heterocycles. The highest BCUT2D eigenvalue weighted by Crippen LogP contribution is 2.24. The molecule has 150 valence electrons. The van der Waals surface area contributed by atoms with E-state index >= 15 is 0 Å². The number of amides is 1. The molecule has 0 aliphatic carbocycles. The molecular formula is C21H27N3O3S. The van der Waals surface area contributed by atoms with Gasteiger partial charge in [0.1, 0.15) is 0 Å². The summed E-state index contributed by atoms with van der Waals surface area (Å²) in [5, 5.41) is 0. The standard InChI is InChI=1S/C21H27N3O3S/c1-22(2)19-10-6-17(7-11-19)16-23(3)21(25)18-8-12-20(13-9-18)24-14-4-5-15-28(24,26)27/h6-13H,4-5,14-16H2,1-3H3. The molecule has 1 aliphatic heterocycles. The van der Waals surface area contributed by atoms with Crippen LogP contribution in [0.2, 0.25) is 0 Å². The number of benzene rings is 2. The Kier molecular flexibility index (Phi) is 5.93. The molecule has 1 aliphatic rings. The molecule has 0 saturated carbocycles. The summed E-state index contributed by atoms with van der Waals surface area (Å²) in [5.74, 6) is 0.0907. The fraction of sp³-hybridized carbons (Fsp3) is 0.381. The molecule has 1 heterocycles. The first-order valence-corrected chi connectivity index (χ1v) is 11.0. The molecule has 0 spiro atoms. The van der Waals surface area contributed by atoms with Gasteiger partial charge < -0.3 is 9.80 Å². The maximum atomic E-state index is 12.7. The molecule has 0 bridgehead atoms. The fourth-order valence-corrected chi connectivity index (χ4v) is 4.95. The van der Waals surface area contributed by atoms with Crippen LogP contribution in [0.15, 0.2) is 48.5 Å². The number of rotatable bonds is 5. The lowest BCUT2D eigenvalue weighted by Gasteiger charge is -2.28. The lowest BCUT2D eigenvalue weighted by atomic mass is 10.1. The largest absolute Gasteiger partial charge is 0.378 e. The highest BCUT2D eigenvalue weighted by Gasteiger charge is 2.26. The van der Waals surface area contributed by atoms with Crippen LogP contribution in [0.5, 0.6) is 0 Å². The number of nitrogens with zero attached hydrogens (tertiary/aromatic N) is 3. The first kappa shape index (κ1) is 20.2. The van der Waals surface area contributed by atoms with Crippen LogP contribution in [0.4, 0.5) is 11.4 Å². The Morgan fingerprint density at radius 3 is 2.18 bits per heavy atom. The predicted molar refractivity (Wildman–Crippen MR) is 113 cm³/mol. The summed E-state index contributed by atoms with van der Waals surface area (Å²) >= 11 is 0. The fourth-order valence-electron chi connectivity index (χ4n) is 3.31. The van der Waals surface area contributed by atoms with Crippen LogP contribution >= 0.6 is 0 Å². The van der Waals surface area contributed by atoms with E-state index in [2.05, 4.69) is 0 Å².